The van der Waals surface area contributed by atoms with Gasteiger partial charge in [-0.25, -0.2) is 4.98 Å². The molecule has 1 aromatic rings. The number of nitrogens with two attached hydrogens (primary N) is 1. The molecule has 0 amide bonds. The molecule has 1 saturated carbocycles. The fraction of sp³-hybridized carbons (Fsp3) is 0.545. The van der Waals surface area contributed by atoms with Crippen LogP contribution in [0.2, 0.25) is 0 Å². The molecule has 1 fully saturated rings. The lowest BCUT2D eigenvalue weighted by Crippen LogP contribution is -2.11. The van der Waals surface area contributed by atoms with Crippen molar-refractivity contribution in [2.24, 2.45) is 5.92 Å². The Hall–Kier alpha value is -0.760. The molecule has 2 nitrogen and oxygen atoms in total. The summed E-state index contributed by atoms with van der Waals surface area (Å²) in [7, 11) is 0. The first kappa shape index (κ1) is 9.78. The zero-order valence-electron chi connectivity index (χ0n) is 8.28. The van der Waals surface area contributed by atoms with Crippen molar-refractivity contribution in [2.75, 3.05) is 5.73 Å². The van der Waals surface area contributed by atoms with E-state index in [9.17, 15) is 0 Å². The Kier molecular flexibility index (Phi) is 2.64. The smallest absolute Gasteiger partial charge is 0.126 e. The maximum absolute atomic E-state index is 6.20. The Bertz CT molecular complexity index is 327. The molecule has 0 aromatic carbocycles. The summed E-state index contributed by atoms with van der Waals surface area (Å²) in [6.07, 6.45) is 3.95. The number of hydrogen-bond donors (Lipinski definition) is 1. The van der Waals surface area contributed by atoms with Crippen molar-refractivity contribution in [3.63, 3.8) is 0 Å². The molecule has 3 atom stereocenters. The predicted octanol–water partition coefficient (Wildman–Crippen LogP) is 2.78. The van der Waals surface area contributed by atoms with E-state index in [1.54, 1.807) is 6.20 Å². The van der Waals surface area contributed by atoms with Crippen LogP contribution >= 0.6 is 11.6 Å². The molecule has 0 bridgehead atoms. The minimum Gasteiger partial charge on any atom is -0.383 e. The van der Waals surface area contributed by atoms with Gasteiger partial charge in [0, 0.05) is 11.6 Å². The minimum atomic E-state index is 0.291. The molecule has 3 heteroatoms. The van der Waals surface area contributed by atoms with E-state index >= 15 is 0 Å². The van der Waals surface area contributed by atoms with Gasteiger partial charge in [0.25, 0.3) is 0 Å². The number of aromatic nitrogens is 1. The van der Waals surface area contributed by atoms with Crippen molar-refractivity contribution >= 4 is 17.4 Å². The van der Waals surface area contributed by atoms with Crippen molar-refractivity contribution in [2.45, 2.75) is 31.1 Å². The van der Waals surface area contributed by atoms with Crippen LogP contribution in [0.5, 0.6) is 0 Å². The van der Waals surface area contributed by atoms with Gasteiger partial charge >= 0.3 is 0 Å². The lowest BCUT2D eigenvalue weighted by atomic mass is 9.90. The van der Waals surface area contributed by atoms with Crippen molar-refractivity contribution in [1.29, 1.82) is 0 Å². The third-order valence-corrected chi connectivity index (χ3v) is 3.85. The molecule has 0 radical (unpaired) electrons. The number of hydrogen-bond acceptors (Lipinski definition) is 2. The molecule has 1 heterocycles. The van der Waals surface area contributed by atoms with E-state index in [1.165, 1.54) is 5.56 Å². The average molecular weight is 211 g/mol. The molecule has 1 aromatic heterocycles. The highest BCUT2D eigenvalue weighted by Gasteiger charge is 2.33. The Labute approximate surface area is 89.5 Å². The molecule has 0 spiro atoms. The van der Waals surface area contributed by atoms with Gasteiger partial charge in [0.05, 0.1) is 0 Å². The number of rotatable bonds is 1. The van der Waals surface area contributed by atoms with Crippen molar-refractivity contribution in [1.82, 2.24) is 4.98 Å². The highest BCUT2D eigenvalue weighted by molar-refractivity contribution is 6.21. The van der Waals surface area contributed by atoms with Crippen LogP contribution in [-0.4, -0.2) is 10.4 Å². The molecule has 1 aliphatic rings. The zero-order chi connectivity index (χ0) is 10.1. The van der Waals surface area contributed by atoms with E-state index in [0.717, 1.165) is 12.8 Å². The normalized spacial score (nSPS) is 32.0. The van der Waals surface area contributed by atoms with Gasteiger partial charge in [-0.1, -0.05) is 13.0 Å². The number of halogens is 1. The van der Waals surface area contributed by atoms with E-state index < -0.39 is 0 Å². The van der Waals surface area contributed by atoms with Gasteiger partial charge < -0.3 is 5.73 Å². The summed E-state index contributed by atoms with van der Waals surface area (Å²) in [5.41, 5.74) is 7.02. The van der Waals surface area contributed by atoms with Gasteiger partial charge in [0.2, 0.25) is 0 Å². The van der Waals surface area contributed by atoms with Crippen LogP contribution in [-0.2, 0) is 0 Å². The summed E-state index contributed by atoms with van der Waals surface area (Å²) in [6, 6.07) is 4.01. The van der Waals surface area contributed by atoms with E-state index in [0.29, 0.717) is 23.0 Å². The average Bonchev–Trinajstić information content (AvgIpc) is 2.49. The van der Waals surface area contributed by atoms with Crippen LogP contribution in [0.25, 0.3) is 0 Å². The summed E-state index contributed by atoms with van der Waals surface area (Å²) in [6.45, 7) is 2.20. The Morgan fingerprint density at radius 1 is 1.50 bits per heavy atom. The minimum absolute atomic E-state index is 0.291. The molecule has 2 N–H and O–H groups in total. The molecule has 0 aliphatic heterocycles. The van der Waals surface area contributed by atoms with E-state index in [1.807, 2.05) is 6.07 Å². The molecule has 14 heavy (non-hydrogen) atoms. The number of nitrogens with zero attached hydrogens (tertiary/aromatic N) is 1. The monoisotopic (exact) mass is 210 g/mol. The van der Waals surface area contributed by atoms with Gasteiger partial charge in [0.1, 0.15) is 5.82 Å². The summed E-state index contributed by atoms with van der Waals surface area (Å²) in [5.74, 6) is 1.66. The van der Waals surface area contributed by atoms with Gasteiger partial charge in [0.15, 0.2) is 0 Å². The summed E-state index contributed by atoms with van der Waals surface area (Å²) >= 11 is 6.20. The van der Waals surface area contributed by atoms with E-state index in [4.69, 9.17) is 17.3 Å². The van der Waals surface area contributed by atoms with Crippen LogP contribution in [0.3, 0.4) is 0 Å². The second kappa shape index (κ2) is 3.77. The SMILES string of the molecule is CC1C(Cl)CCC1c1cccnc1N. The molecule has 0 saturated heterocycles. The number of nitrogen functional groups attached to an aromatic ring is 1. The van der Waals surface area contributed by atoms with Crippen LogP contribution in [0.1, 0.15) is 31.2 Å². The summed E-state index contributed by atoms with van der Waals surface area (Å²) in [5, 5.41) is 0.291. The maximum atomic E-state index is 6.20. The Balaban J connectivity index is 2.28. The highest BCUT2D eigenvalue weighted by atomic mass is 35.5. The summed E-state index contributed by atoms with van der Waals surface area (Å²) < 4.78 is 0. The zero-order valence-corrected chi connectivity index (χ0v) is 9.04. The fourth-order valence-electron chi connectivity index (χ4n) is 2.30. The first-order chi connectivity index (χ1) is 6.70. The molecule has 76 valence electrons. The first-order valence-electron chi connectivity index (χ1n) is 5.04. The fourth-order valence-corrected chi connectivity index (χ4v) is 2.60. The number of pyridine rings is 1. The molecule has 2 rings (SSSR count). The van der Waals surface area contributed by atoms with Crippen LogP contribution in [0.4, 0.5) is 5.82 Å². The molecule has 1 aliphatic carbocycles. The van der Waals surface area contributed by atoms with Gasteiger partial charge in [-0.15, -0.1) is 11.6 Å². The Morgan fingerprint density at radius 3 is 2.86 bits per heavy atom. The molecular weight excluding hydrogens is 196 g/mol. The third kappa shape index (κ3) is 1.59. The van der Waals surface area contributed by atoms with Crippen molar-refractivity contribution in [3.05, 3.63) is 23.9 Å². The largest absolute Gasteiger partial charge is 0.383 e. The Morgan fingerprint density at radius 2 is 2.29 bits per heavy atom. The van der Waals surface area contributed by atoms with Gasteiger partial charge in [-0.05, 0) is 36.3 Å². The first-order valence-corrected chi connectivity index (χ1v) is 5.48. The van der Waals surface area contributed by atoms with E-state index in [-0.39, 0.29) is 0 Å². The van der Waals surface area contributed by atoms with E-state index in [2.05, 4.69) is 18.0 Å². The second-order valence-electron chi connectivity index (χ2n) is 4.04. The van der Waals surface area contributed by atoms with Crippen LogP contribution in [0, 0.1) is 5.92 Å². The number of alkyl halides is 1. The van der Waals surface area contributed by atoms with Crippen LogP contribution < -0.4 is 5.73 Å². The molecule has 3 unspecified atom stereocenters. The lowest BCUT2D eigenvalue weighted by Gasteiger charge is -2.18. The maximum Gasteiger partial charge on any atom is 0.126 e. The van der Waals surface area contributed by atoms with Crippen molar-refractivity contribution in [3.8, 4) is 0 Å². The van der Waals surface area contributed by atoms with Crippen molar-refractivity contribution < 1.29 is 0 Å². The second-order valence-corrected chi connectivity index (χ2v) is 4.60. The molecular formula is C11H15ClN2. The standard InChI is InChI=1S/C11H15ClN2/c1-7-8(4-5-10(7)12)9-3-2-6-14-11(9)13/h2-3,6-8,10H,4-5H2,1H3,(H2,13,14). The number of anilines is 1. The quantitative estimate of drug-likeness (QED) is 0.724. The summed E-state index contributed by atoms with van der Waals surface area (Å²) in [4.78, 5) is 4.12. The highest BCUT2D eigenvalue weighted by Crippen LogP contribution is 2.43. The van der Waals surface area contributed by atoms with Crippen LogP contribution in [0.15, 0.2) is 18.3 Å². The van der Waals surface area contributed by atoms with Gasteiger partial charge in [-0.2, -0.15) is 0 Å². The third-order valence-electron chi connectivity index (χ3n) is 3.23. The lowest BCUT2D eigenvalue weighted by molar-refractivity contribution is 0.538. The van der Waals surface area contributed by atoms with Gasteiger partial charge in [-0.3, -0.25) is 0 Å². The predicted molar refractivity (Wildman–Crippen MR) is 59.4 cm³/mol. The topological polar surface area (TPSA) is 38.9 Å².